The van der Waals surface area contributed by atoms with Gasteiger partial charge in [0.1, 0.15) is 17.2 Å². The molecule has 0 unspecified atom stereocenters. The highest BCUT2D eigenvalue weighted by atomic mass is 16.5. The number of aromatic nitrogens is 3. The number of carbonyl (C=O) groups is 2. The molecule has 3 heterocycles. The van der Waals surface area contributed by atoms with Crippen LogP contribution in [-0.2, 0) is 11.2 Å². The Morgan fingerprint density at radius 3 is 2.53 bits per heavy atom. The third-order valence-corrected chi connectivity index (χ3v) is 7.03. The molecule has 0 radical (unpaired) electrons. The second-order valence-corrected chi connectivity index (χ2v) is 10.0. The van der Waals surface area contributed by atoms with Crippen molar-refractivity contribution in [2.24, 2.45) is 5.92 Å². The van der Waals surface area contributed by atoms with Crippen LogP contribution in [0.5, 0.6) is 0 Å². The van der Waals surface area contributed by atoms with E-state index in [0.29, 0.717) is 48.9 Å². The minimum Gasteiger partial charge on any atom is -0.465 e. The maximum Gasteiger partial charge on any atom is 0.339 e. The van der Waals surface area contributed by atoms with Gasteiger partial charge in [0.05, 0.1) is 23.9 Å². The van der Waals surface area contributed by atoms with Crippen LogP contribution in [0.2, 0.25) is 0 Å². The van der Waals surface area contributed by atoms with Crippen molar-refractivity contribution < 1.29 is 14.3 Å². The summed E-state index contributed by atoms with van der Waals surface area (Å²) in [5.74, 6) is 0.684. The average Bonchev–Trinajstić information content (AvgIpc) is 2.75. The number of rotatable bonds is 5. The van der Waals surface area contributed by atoms with Crippen molar-refractivity contribution in [3.8, 4) is 0 Å². The molecule has 2 aromatic rings. The average molecular weight is 468 g/mol. The van der Waals surface area contributed by atoms with Crippen LogP contribution in [0, 0.1) is 19.8 Å². The molecule has 0 spiro atoms. The Morgan fingerprint density at radius 2 is 1.94 bits per heavy atom. The number of aryl methyl sites for hydroxylation is 2. The summed E-state index contributed by atoms with van der Waals surface area (Å²) < 4.78 is 4.88. The van der Waals surface area contributed by atoms with Crippen LogP contribution in [0.1, 0.15) is 70.9 Å². The highest BCUT2D eigenvalue weighted by molar-refractivity contribution is 5.93. The lowest BCUT2D eigenvalue weighted by atomic mass is 9.82. The molecule has 1 saturated carbocycles. The molecule has 1 N–H and O–H groups in total. The number of hydrogen-bond donors (Lipinski definition) is 1. The molecule has 182 valence electrons. The van der Waals surface area contributed by atoms with E-state index in [1.54, 1.807) is 6.92 Å². The Hall–Kier alpha value is -3.23. The number of nitrogens with zero attached hydrogens (tertiary/aromatic N) is 4. The van der Waals surface area contributed by atoms with Gasteiger partial charge in [-0.2, -0.15) is 0 Å². The maximum atomic E-state index is 13.4. The first-order chi connectivity index (χ1) is 16.1. The van der Waals surface area contributed by atoms with Crippen molar-refractivity contribution in [2.75, 3.05) is 31.6 Å². The fourth-order valence-electron chi connectivity index (χ4n) is 4.91. The summed E-state index contributed by atoms with van der Waals surface area (Å²) in [5, 5.41) is 0. The number of ether oxygens (including phenoxy) is 1. The number of methoxy groups -OCH3 is 1. The summed E-state index contributed by atoms with van der Waals surface area (Å²) >= 11 is 0. The smallest absolute Gasteiger partial charge is 0.339 e. The molecule has 2 fully saturated rings. The number of anilines is 1. The molecule has 0 atom stereocenters. The van der Waals surface area contributed by atoms with Gasteiger partial charge in [-0.3, -0.25) is 9.59 Å². The number of hydrogen-bond acceptors (Lipinski definition) is 7. The summed E-state index contributed by atoms with van der Waals surface area (Å²) in [6, 6.07) is 1.89. The third kappa shape index (κ3) is 4.56. The second kappa shape index (κ2) is 9.19. The number of aromatic amines is 1. The Morgan fingerprint density at radius 1 is 1.21 bits per heavy atom. The van der Waals surface area contributed by atoms with Gasteiger partial charge in [-0.05, 0) is 51.7 Å². The van der Waals surface area contributed by atoms with E-state index in [4.69, 9.17) is 4.74 Å². The first-order valence-electron chi connectivity index (χ1n) is 11.8. The van der Waals surface area contributed by atoms with E-state index < -0.39 is 11.5 Å². The van der Waals surface area contributed by atoms with E-state index in [0.717, 1.165) is 24.2 Å². The molecule has 0 bridgehead atoms. The Balaban J connectivity index is 1.52. The topological polar surface area (TPSA) is 108 Å². The lowest BCUT2D eigenvalue weighted by Gasteiger charge is -2.47. The molecule has 1 amide bonds. The van der Waals surface area contributed by atoms with Crippen molar-refractivity contribution in [3.05, 3.63) is 50.8 Å². The number of nitrogens with one attached hydrogen (secondary N) is 1. The molecule has 2 aromatic heterocycles. The highest BCUT2D eigenvalue weighted by Crippen LogP contribution is 2.30. The highest BCUT2D eigenvalue weighted by Gasteiger charge is 2.38. The van der Waals surface area contributed by atoms with Gasteiger partial charge in [-0.15, -0.1) is 0 Å². The normalized spacial score (nSPS) is 17.9. The van der Waals surface area contributed by atoms with Crippen molar-refractivity contribution in [2.45, 2.75) is 58.9 Å². The minimum atomic E-state index is -0.494. The SMILES string of the molecule is COC(=O)c1c(C)cc(N2CCN(C(=O)c3c[nH]c(=O)c(CC4CCC4)n3)C(C)(C)C2)nc1C. The molecular weight excluding hydrogens is 434 g/mol. The predicted octanol–water partition coefficient (Wildman–Crippen LogP) is 2.65. The van der Waals surface area contributed by atoms with Gasteiger partial charge in [0.2, 0.25) is 0 Å². The molecular formula is C25H33N5O4. The zero-order valence-electron chi connectivity index (χ0n) is 20.6. The Labute approximate surface area is 199 Å². The lowest BCUT2D eigenvalue weighted by Crippen LogP contribution is -2.61. The molecule has 1 aliphatic carbocycles. The van der Waals surface area contributed by atoms with E-state index in [1.165, 1.54) is 19.7 Å². The predicted molar refractivity (Wildman–Crippen MR) is 128 cm³/mol. The number of esters is 1. The second-order valence-electron chi connectivity index (χ2n) is 10.0. The molecule has 9 heteroatoms. The van der Waals surface area contributed by atoms with Gasteiger partial charge in [0, 0.05) is 25.8 Å². The fraction of sp³-hybridized carbons (Fsp3) is 0.560. The third-order valence-electron chi connectivity index (χ3n) is 7.03. The van der Waals surface area contributed by atoms with E-state index >= 15 is 0 Å². The molecule has 4 rings (SSSR count). The van der Waals surface area contributed by atoms with Gasteiger partial charge in [0.15, 0.2) is 0 Å². The quantitative estimate of drug-likeness (QED) is 0.674. The molecule has 9 nitrogen and oxygen atoms in total. The lowest BCUT2D eigenvalue weighted by molar-refractivity contribution is 0.0505. The van der Waals surface area contributed by atoms with Crippen LogP contribution < -0.4 is 10.5 Å². The van der Waals surface area contributed by atoms with Crippen LogP contribution in [0.3, 0.4) is 0 Å². The van der Waals surface area contributed by atoms with Crippen molar-refractivity contribution >= 4 is 17.7 Å². The summed E-state index contributed by atoms with van der Waals surface area (Å²) in [6.45, 7) is 9.36. The number of piperazine rings is 1. The maximum absolute atomic E-state index is 13.4. The van der Waals surface area contributed by atoms with Crippen LogP contribution in [0.4, 0.5) is 5.82 Å². The van der Waals surface area contributed by atoms with Gasteiger partial charge in [0.25, 0.3) is 11.5 Å². The first-order valence-corrected chi connectivity index (χ1v) is 11.8. The van der Waals surface area contributed by atoms with Crippen molar-refractivity contribution in [1.82, 2.24) is 19.9 Å². The van der Waals surface area contributed by atoms with Crippen molar-refractivity contribution in [1.29, 1.82) is 0 Å². The molecule has 1 saturated heterocycles. The van der Waals surface area contributed by atoms with Gasteiger partial charge < -0.3 is 19.5 Å². The summed E-state index contributed by atoms with van der Waals surface area (Å²) in [7, 11) is 1.36. The zero-order valence-corrected chi connectivity index (χ0v) is 20.6. The molecule has 34 heavy (non-hydrogen) atoms. The van der Waals surface area contributed by atoms with Crippen LogP contribution >= 0.6 is 0 Å². The Bertz CT molecular complexity index is 1150. The number of amides is 1. The summed E-state index contributed by atoms with van der Waals surface area (Å²) in [4.78, 5) is 53.5. The standard InChI is InChI=1S/C25H33N5O4/c1-15-11-20(27-16(2)21(15)24(33)34-5)29-9-10-30(25(3,4)14-29)23(32)19-13-26-22(31)18(28-19)12-17-7-6-8-17/h11,13,17H,6-10,12,14H2,1-5H3,(H,26,31). The number of carbonyl (C=O) groups excluding carboxylic acids is 2. The first kappa shape index (κ1) is 23.9. The van der Waals surface area contributed by atoms with Crippen molar-refractivity contribution in [3.63, 3.8) is 0 Å². The van der Waals surface area contributed by atoms with Gasteiger partial charge >= 0.3 is 5.97 Å². The summed E-state index contributed by atoms with van der Waals surface area (Å²) in [5.41, 5.74) is 1.94. The van der Waals surface area contributed by atoms with Crippen LogP contribution in [0.15, 0.2) is 17.1 Å². The van der Waals surface area contributed by atoms with E-state index in [-0.39, 0.29) is 17.2 Å². The zero-order chi connectivity index (χ0) is 24.6. The minimum absolute atomic E-state index is 0.183. The fourth-order valence-corrected chi connectivity index (χ4v) is 4.91. The Kier molecular flexibility index (Phi) is 6.47. The molecule has 0 aromatic carbocycles. The number of H-pyrrole nitrogens is 1. The van der Waals surface area contributed by atoms with E-state index in [2.05, 4.69) is 19.9 Å². The van der Waals surface area contributed by atoms with Gasteiger partial charge in [-0.25, -0.2) is 14.8 Å². The monoisotopic (exact) mass is 467 g/mol. The van der Waals surface area contributed by atoms with Crippen LogP contribution in [-0.4, -0.2) is 64.0 Å². The largest absolute Gasteiger partial charge is 0.465 e. The summed E-state index contributed by atoms with van der Waals surface area (Å²) in [6.07, 6.45) is 5.47. The van der Waals surface area contributed by atoms with Gasteiger partial charge in [-0.1, -0.05) is 19.3 Å². The van der Waals surface area contributed by atoms with E-state index in [9.17, 15) is 14.4 Å². The number of pyridine rings is 1. The van der Waals surface area contributed by atoms with E-state index in [1.807, 2.05) is 31.7 Å². The molecule has 1 aliphatic heterocycles. The van der Waals surface area contributed by atoms with Crippen LogP contribution in [0.25, 0.3) is 0 Å². The molecule has 2 aliphatic rings.